The Morgan fingerprint density at radius 1 is 0.471 bits per heavy atom. The van der Waals surface area contributed by atoms with Crippen molar-refractivity contribution in [3.05, 3.63) is 12.2 Å². The fourth-order valence-electron chi connectivity index (χ4n) is 4.68. The number of carbonyl (C=O) groups is 1. The van der Waals surface area contributed by atoms with Crippen LogP contribution in [0.1, 0.15) is 175 Å². The van der Waals surface area contributed by atoms with E-state index in [1.165, 1.54) is 141 Å². The summed E-state index contributed by atoms with van der Waals surface area (Å²) in [4.78, 5) is 15.0. The Labute approximate surface area is 215 Å². The van der Waals surface area contributed by atoms with Gasteiger partial charge in [-0.15, -0.1) is 0 Å². The topological polar surface area (TPSA) is 20.3 Å². The summed E-state index contributed by atoms with van der Waals surface area (Å²) in [5.74, 6) is 0.420. The average molecular weight is 478 g/mol. The van der Waals surface area contributed by atoms with E-state index in [2.05, 4.69) is 37.8 Å². The van der Waals surface area contributed by atoms with E-state index >= 15 is 0 Å². The van der Waals surface area contributed by atoms with Gasteiger partial charge in [-0.25, -0.2) is 0 Å². The van der Waals surface area contributed by atoms with Crippen molar-refractivity contribution >= 4 is 5.91 Å². The Bertz CT molecular complexity index is 417. The van der Waals surface area contributed by atoms with Crippen molar-refractivity contribution in [2.75, 3.05) is 13.1 Å². The third-order valence-corrected chi connectivity index (χ3v) is 7.07. The molecule has 2 heteroatoms. The van der Waals surface area contributed by atoms with Crippen LogP contribution in [0.3, 0.4) is 0 Å². The van der Waals surface area contributed by atoms with Gasteiger partial charge in [0.2, 0.25) is 5.91 Å². The summed E-state index contributed by atoms with van der Waals surface area (Å²) in [5, 5.41) is 0. The minimum absolute atomic E-state index is 0.420. The Morgan fingerprint density at radius 2 is 0.824 bits per heavy atom. The smallest absolute Gasteiger partial charge is 0.222 e. The number of rotatable bonds is 27. The molecular weight excluding hydrogens is 414 g/mol. The first-order valence-electron chi connectivity index (χ1n) is 15.7. The molecule has 0 saturated heterocycles. The lowest BCUT2D eigenvalue weighted by Crippen LogP contribution is -2.32. The first-order chi connectivity index (χ1) is 16.8. The lowest BCUT2D eigenvalue weighted by molar-refractivity contribution is -0.131. The third-order valence-electron chi connectivity index (χ3n) is 7.07. The summed E-state index contributed by atoms with van der Waals surface area (Å²) in [7, 11) is 0. The molecule has 0 spiro atoms. The molecule has 0 aromatic carbocycles. The maximum atomic E-state index is 12.8. The summed E-state index contributed by atoms with van der Waals surface area (Å²) < 4.78 is 0. The van der Waals surface area contributed by atoms with Crippen molar-refractivity contribution in [1.82, 2.24) is 4.90 Å². The van der Waals surface area contributed by atoms with Crippen molar-refractivity contribution < 1.29 is 4.79 Å². The molecule has 0 aliphatic carbocycles. The molecule has 0 atom stereocenters. The molecule has 0 rings (SSSR count). The van der Waals surface area contributed by atoms with Gasteiger partial charge in [-0.3, -0.25) is 4.79 Å². The van der Waals surface area contributed by atoms with E-state index in [1.807, 2.05) is 0 Å². The fourth-order valence-corrected chi connectivity index (χ4v) is 4.68. The van der Waals surface area contributed by atoms with Gasteiger partial charge in [-0.2, -0.15) is 0 Å². The van der Waals surface area contributed by atoms with Crippen LogP contribution in [0.4, 0.5) is 0 Å². The summed E-state index contributed by atoms with van der Waals surface area (Å²) in [6.07, 6.45) is 35.4. The number of allylic oxidation sites excluding steroid dienone is 2. The number of unbranched alkanes of at least 4 members (excludes halogenated alkanes) is 19. The summed E-state index contributed by atoms with van der Waals surface area (Å²) in [6, 6.07) is 0. The molecule has 0 bridgehead atoms. The van der Waals surface area contributed by atoms with E-state index in [-0.39, 0.29) is 0 Å². The number of nitrogens with zero attached hydrogens (tertiary/aromatic N) is 1. The first kappa shape index (κ1) is 33.2. The molecule has 0 fully saturated rings. The summed E-state index contributed by atoms with van der Waals surface area (Å²) in [6.45, 7) is 8.78. The maximum Gasteiger partial charge on any atom is 0.222 e. The molecular formula is C32H63NO. The molecule has 0 aromatic rings. The zero-order chi connectivity index (χ0) is 25.0. The highest BCUT2D eigenvalue weighted by Crippen LogP contribution is 2.13. The lowest BCUT2D eigenvalue weighted by Gasteiger charge is -2.23. The molecule has 0 radical (unpaired) electrons. The van der Waals surface area contributed by atoms with Gasteiger partial charge in [0.1, 0.15) is 0 Å². The van der Waals surface area contributed by atoms with E-state index in [9.17, 15) is 4.79 Å². The third kappa shape index (κ3) is 24.3. The van der Waals surface area contributed by atoms with Crippen LogP contribution in [0.5, 0.6) is 0 Å². The molecule has 0 aliphatic heterocycles. The molecule has 0 heterocycles. The predicted molar refractivity (Wildman–Crippen MR) is 154 cm³/mol. The highest BCUT2D eigenvalue weighted by Gasteiger charge is 2.12. The van der Waals surface area contributed by atoms with Crippen molar-refractivity contribution in [1.29, 1.82) is 0 Å². The minimum Gasteiger partial charge on any atom is -0.343 e. The van der Waals surface area contributed by atoms with Gasteiger partial charge in [-0.05, 0) is 44.9 Å². The highest BCUT2D eigenvalue weighted by molar-refractivity contribution is 5.76. The molecule has 0 aromatic heterocycles. The maximum absolute atomic E-state index is 12.8. The predicted octanol–water partition coefficient (Wildman–Crippen LogP) is 10.8. The average Bonchev–Trinajstić information content (AvgIpc) is 2.84. The Kier molecular flexibility index (Phi) is 27.8. The van der Waals surface area contributed by atoms with Crippen LogP contribution < -0.4 is 0 Å². The van der Waals surface area contributed by atoms with Crippen LogP contribution in [0.2, 0.25) is 0 Å². The number of amides is 1. The van der Waals surface area contributed by atoms with E-state index in [4.69, 9.17) is 0 Å². The second kappa shape index (κ2) is 28.4. The van der Waals surface area contributed by atoms with E-state index < -0.39 is 0 Å². The van der Waals surface area contributed by atoms with Crippen LogP contribution in [0.25, 0.3) is 0 Å². The molecule has 202 valence electrons. The van der Waals surface area contributed by atoms with Gasteiger partial charge in [0, 0.05) is 19.5 Å². The minimum atomic E-state index is 0.420. The highest BCUT2D eigenvalue weighted by atomic mass is 16.2. The standard InChI is InChI=1S/C32H63NO/c1-4-7-10-13-14-15-16-17-18-19-20-21-22-23-26-29-32(34)33(30-27-24-11-8-5-2)31-28-25-12-9-6-3/h17-18H,4-16,19-31H2,1-3H3/b18-17-. The molecule has 0 N–H and O–H groups in total. The van der Waals surface area contributed by atoms with Gasteiger partial charge in [0.15, 0.2) is 0 Å². The van der Waals surface area contributed by atoms with Crippen molar-refractivity contribution in [3.8, 4) is 0 Å². The Balaban J connectivity index is 3.80. The summed E-state index contributed by atoms with van der Waals surface area (Å²) >= 11 is 0. The largest absolute Gasteiger partial charge is 0.343 e. The molecule has 2 nitrogen and oxygen atoms in total. The quantitative estimate of drug-likeness (QED) is 0.0850. The van der Waals surface area contributed by atoms with Crippen molar-refractivity contribution in [3.63, 3.8) is 0 Å². The van der Waals surface area contributed by atoms with Gasteiger partial charge in [0.05, 0.1) is 0 Å². The van der Waals surface area contributed by atoms with Gasteiger partial charge < -0.3 is 4.90 Å². The second-order valence-corrected chi connectivity index (χ2v) is 10.5. The van der Waals surface area contributed by atoms with E-state index in [0.29, 0.717) is 5.91 Å². The SMILES string of the molecule is CCCCCCCC/C=C\CCCCCCCC(=O)N(CCCCCCC)CCCCCCC. The summed E-state index contributed by atoms with van der Waals surface area (Å²) in [5.41, 5.74) is 0. The van der Waals surface area contributed by atoms with E-state index in [1.54, 1.807) is 0 Å². The van der Waals surface area contributed by atoms with E-state index in [0.717, 1.165) is 25.9 Å². The van der Waals surface area contributed by atoms with Gasteiger partial charge in [0.25, 0.3) is 0 Å². The number of hydrogen-bond donors (Lipinski definition) is 0. The van der Waals surface area contributed by atoms with Gasteiger partial charge >= 0.3 is 0 Å². The lowest BCUT2D eigenvalue weighted by atomic mass is 10.1. The Morgan fingerprint density at radius 3 is 1.26 bits per heavy atom. The molecule has 0 unspecified atom stereocenters. The Hall–Kier alpha value is -0.790. The molecule has 0 saturated carbocycles. The second-order valence-electron chi connectivity index (χ2n) is 10.5. The van der Waals surface area contributed by atoms with Gasteiger partial charge in [-0.1, -0.05) is 136 Å². The van der Waals surface area contributed by atoms with Crippen molar-refractivity contribution in [2.24, 2.45) is 0 Å². The van der Waals surface area contributed by atoms with Crippen LogP contribution in [-0.4, -0.2) is 23.9 Å². The molecule has 34 heavy (non-hydrogen) atoms. The molecule has 1 amide bonds. The first-order valence-corrected chi connectivity index (χ1v) is 15.7. The molecule has 0 aliphatic rings. The monoisotopic (exact) mass is 477 g/mol. The van der Waals surface area contributed by atoms with Crippen LogP contribution in [0.15, 0.2) is 12.2 Å². The van der Waals surface area contributed by atoms with Crippen LogP contribution in [0, 0.1) is 0 Å². The fraction of sp³-hybridized carbons (Fsp3) is 0.906. The zero-order valence-electron chi connectivity index (χ0n) is 23.9. The zero-order valence-corrected chi connectivity index (χ0v) is 23.9. The van der Waals surface area contributed by atoms with Crippen molar-refractivity contribution in [2.45, 2.75) is 175 Å². The normalized spacial score (nSPS) is 11.5. The number of hydrogen-bond acceptors (Lipinski definition) is 1. The van der Waals surface area contributed by atoms with Crippen LogP contribution in [-0.2, 0) is 4.79 Å². The number of carbonyl (C=O) groups excluding carboxylic acids is 1. The van der Waals surface area contributed by atoms with Crippen LogP contribution >= 0.6 is 0 Å².